The van der Waals surface area contributed by atoms with Gasteiger partial charge in [-0.3, -0.25) is 23.9 Å². The molecule has 1 aliphatic carbocycles. The molecule has 5 aromatic rings. The van der Waals surface area contributed by atoms with Crippen molar-refractivity contribution in [3.63, 3.8) is 0 Å². The van der Waals surface area contributed by atoms with E-state index in [2.05, 4.69) is 30.6 Å². The van der Waals surface area contributed by atoms with Crippen LogP contribution in [-0.4, -0.2) is 83.3 Å². The Hall–Kier alpha value is -5.29. The van der Waals surface area contributed by atoms with Gasteiger partial charge in [-0.25, -0.2) is 13.4 Å². The smallest absolute Gasteiger partial charge is 0.261 e. The van der Waals surface area contributed by atoms with E-state index in [9.17, 15) is 32.7 Å². The average molecular weight is 903 g/mol. The summed E-state index contributed by atoms with van der Waals surface area (Å²) in [5, 5.41) is 20.6. The number of likely N-dealkylation sites (tertiary alicyclic amines) is 1. The highest BCUT2D eigenvalue weighted by atomic mass is 35.5. The number of aromatic amines is 1. The number of carbonyl (C=O) groups is 4. The molecule has 17 heteroatoms. The van der Waals surface area contributed by atoms with Gasteiger partial charge in [0, 0.05) is 49.1 Å². The number of β-amino-alcohol motifs (C(OH)–C–C–N with tert-alkyl or cyclic N) is 1. The van der Waals surface area contributed by atoms with E-state index in [1.807, 2.05) is 57.5 Å². The molecule has 1 saturated carbocycles. The molecular weight excluding hydrogens is 850 g/mol. The number of aliphatic hydroxyl groups is 1. The fourth-order valence-corrected chi connectivity index (χ4v) is 10.4. The Morgan fingerprint density at radius 1 is 0.984 bits per heavy atom. The Balaban J connectivity index is 0.899. The van der Waals surface area contributed by atoms with Gasteiger partial charge in [-0.1, -0.05) is 74.8 Å². The van der Waals surface area contributed by atoms with Gasteiger partial charge >= 0.3 is 0 Å². The number of aromatic nitrogens is 2. The molecule has 0 radical (unpaired) electrons. The zero-order valence-electron chi connectivity index (χ0n) is 35.0. The minimum atomic E-state index is -4.04. The number of carbonyl (C=O) groups excluding carboxylic acids is 4. The van der Waals surface area contributed by atoms with E-state index in [4.69, 9.17) is 11.6 Å². The molecule has 2 fully saturated rings. The van der Waals surface area contributed by atoms with Gasteiger partial charge in [-0.2, -0.15) is 0 Å². The molecule has 328 valence electrons. The standard InChI is InChI=1S/C45H52ClN7O7S2/c1-26-39(61-25-50-26)29-15-11-27(12-16-29)22-49-43(57)37-20-32(54)24-53(37)44(58)40(45(2,3)4)51-42(56)30-17-13-28(14-18-30)21-48-41(55)31-7-5-8-33(19-31)62(59,60)52-36-10-6-9-34-35(46)23-47-38(34)36/h5-12,15-16,19,23,25,28,30,32,37,40,47,52,54H,13-14,17-18,20-22,24H2,1-4H3,(H,48,55)(H,49,57)(H,51,56)/t28?,30?,32-,37+,40-/m1/s1. The van der Waals surface area contributed by atoms with Crippen LogP contribution in [-0.2, 0) is 31.0 Å². The lowest BCUT2D eigenvalue weighted by Gasteiger charge is -2.37. The number of aliphatic hydroxyl groups excluding tert-OH is 1. The SMILES string of the molecule is Cc1ncsc1-c1ccc(CNC(=O)[C@@H]2C[C@@H](O)CN2C(=O)[C@@H](NC(=O)C2CCC(CNC(=O)c3cccc(S(=O)(=O)Nc4cccc5c(Cl)c[nH]c45)c3)CC2)C(C)(C)C)cc1. The van der Waals surface area contributed by atoms with Crippen LogP contribution >= 0.6 is 22.9 Å². The van der Waals surface area contributed by atoms with Crippen molar-refractivity contribution in [2.45, 2.75) is 89.4 Å². The summed E-state index contributed by atoms with van der Waals surface area (Å²) in [6.45, 7) is 8.11. The number of fused-ring (bicyclic) bond motifs is 1. The predicted molar refractivity (Wildman–Crippen MR) is 240 cm³/mol. The van der Waals surface area contributed by atoms with Gasteiger partial charge in [-0.15, -0.1) is 11.3 Å². The molecule has 62 heavy (non-hydrogen) atoms. The normalized spacial score (nSPS) is 19.8. The van der Waals surface area contributed by atoms with Crippen LogP contribution in [0.3, 0.4) is 0 Å². The first kappa shape index (κ1) is 44.8. The van der Waals surface area contributed by atoms with Gasteiger partial charge in [0.05, 0.1) is 43.3 Å². The molecule has 14 nitrogen and oxygen atoms in total. The topological polar surface area (TPSA) is 203 Å². The molecule has 1 saturated heterocycles. The Bertz CT molecular complexity index is 2560. The minimum absolute atomic E-state index is 0.0171. The van der Waals surface area contributed by atoms with Crippen molar-refractivity contribution in [1.29, 1.82) is 0 Å². The average Bonchev–Trinajstić information content (AvgIpc) is 3.98. The summed E-state index contributed by atoms with van der Waals surface area (Å²) in [4.78, 5) is 64.4. The Morgan fingerprint density at radius 3 is 2.40 bits per heavy atom. The summed E-state index contributed by atoms with van der Waals surface area (Å²) >= 11 is 7.77. The molecule has 4 amide bonds. The zero-order chi connectivity index (χ0) is 44.3. The number of rotatable bonds is 13. The van der Waals surface area contributed by atoms with Crippen LogP contribution in [0.15, 0.2) is 83.3 Å². The van der Waals surface area contributed by atoms with Crippen LogP contribution in [0, 0.1) is 24.2 Å². The Morgan fingerprint density at radius 2 is 1.71 bits per heavy atom. The molecule has 3 aromatic carbocycles. The van der Waals surface area contributed by atoms with E-state index < -0.39 is 45.4 Å². The molecular formula is C45H52ClN7O7S2. The summed E-state index contributed by atoms with van der Waals surface area (Å²) in [5.74, 6) is -1.71. The first-order valence-electron chi connectivity index (χ1n) is 20.7. The van der Waals surface area contributed by atoms with Crippen LogP contribution in [0.25, 0.3) is 21.3 Å². The summed E-state index contributed by atoms with van der Waals surface area (Å²) in [6, 6.07) is 16.9. The predicted octanol–water partition coefficient (Wildman–Crippen LogP) is 6.40. The molecule has 0 bridgehead atoms. The Kier molecular flexibility index (Phi) is 13.4. The number of halogens is 1. The largest absolute Gasteiger partial charge is 0.391 e. The van der Waals surface area contributed by atoms with Crippen molar-refractivity contribution in [2.75, 3.05) is 17.8 Å². The molecule has 0 spiro atoms. The number of nitrogens with one attached hydrogen (secondary N) is 5. The summed E-state index contributed by atoms with van der Waals surface area (Å²) in [5.41, 5.74) is 5.06. The van der Waals surface area contributed by atoms with E-state index >= 15 is 0 Å². The highest BCUT2D eigenvalue weighted by Crippen LogP contribution is 2.33. The fraction of sp³-hybridized carbons (Fsp3) is 0.400. The molecule has 0 unspecified atom stereocenters. The summed E-state index contributed by atoms with van der Waals surface area (Å²) in [6.07, 6.45) is 3.21. The molecule has 2 aromatic heterocycles. The third kappa shape index (κ3) is 10.1. The lowest BCUT2D eigenvalue weighted by atomic mass is 9.80. The number of hydrogen-bond donors (Lipinski definition) is 6. The number of aryl methyl sites for hydroxylation is 1. The zero-order valence-corrected chi connectivity index (χ0v) is 37.4. The lowest BCUT2D eigenvalue weighted by Crippen LogP contribution is -2.58. The van der Waals surface area contributed by atoms with Crippen molar-refractivity contribution in [2.24, 2.45) is 17.3 Å². The van der Waals surface area contributed by atoms with Crippen molar-refractivity contribution >= 4 is 73.2 Å². The van der Waals surface area contributed by atoms with Crippen molar-refractivity contribution in [3.8, 4) is 10.4 Å². The first-order valence-corrected chi connectivity index (χ1v) is 23.4. The molecule has 1 aliphatic heterocycles. The number of hydrogen-bond acceptors (Lipinski definition) is 9. The monoisotopic (exact) mass is 901 g/mol. The maximum atomic E-state index is 14.2. The van der Waals surface area contributed by atoms with Crippen molar-refractivity contribution in [1.82, 2.24) is 30.8 Å². The maximum absolute atomic E-state index is 14.2. The molecule has 3 heterocycles. The molecule has 6 N–H and O–H groups in total. The molecule has 2 aliphatic rings. The van der Waals surface area contributed by atoms with Crippen LogP contribution in [0.2, 0.25) is 5.02 Å². The highest BCUT2D eigenvalue weighted by Gasteiger charge is 2.45. The number of sulfonamides is 1. The van der Waals surface area contributed by atoms with Crippen molar-refractivity contribution in [3.05, 3.63) is 100 Å². The van der Waals surface area contributed by atoms with Gasteiger partial charge < -0.3 is 30.9 Å². The number of amides is 4. The maximum Gasteiger partial charge on any atom is 0.261 e. The van der Waals surface area contributed by atoms with Crippen LogP contribution in [0.1, 0.15) is 74.5 Å². The third-order valence-corrected chi connectivity index (χ3v) is 14.4. The van der Waals surface area contributed by atoms with E-state index in [0.29, 0.717) is 53.8 Å². The van der Waals surface area contributed by atoms with E-state index in [1.165, 1.54) is 23.1 Å². The molecule has 7 rings (SSSR count). The van der Waals surface area contributed by atoms with Gasteiger partial charge in [-0.05, 0) is 79.3 Å². The number of para-hydroxylation sites is 1. The second kappa shape index (κ2) is 18.6. The number of thiazole rings is 1. The van der Waals surface area contributed by atoms with Gasteiger partial charge in [0.25, 0.3) is 15.9 Å². The second-order valence-corrected chi connectivity index (χ2v) is 20.3. The van der Waals surface area contributed by atoms with E-state index in [0.717, 1.165) is 21.7 Å². The minimum Gasteiger partial charge on any atom is -0.391 e. The number of H-pyrrole nitrogens is 1. The third-order valence-electron chi connectivity index (χ3n) is 11.8. The summed E-state index contributed by atoms with van der Waals surface area (Å²) < 4.78 is 29.3. The lowest BCUT2D eigenvalue weighted by molar-refractivity contribution is -0.144. The van der Waals surface area contributed by atoms with Crippen LogP contribution < -0.4 is 20.7 Å². The quantitative estimate of drug-likeness (QED) is 0.0779. The van der Waals surface area contributed by atoms with Gasteiger partial charge in [0.15, 0.2) is 0 Å². The van der Waals surface area contributed by atoms with Crippen LogP contribution in [0.4, 0.5) is 5.69 Å². The van der Waals surface area contributed by atoms with E-state index in [1.54, 1.807) is 41.8 Å². The number of anilines is 1. The van der Waals surface area contributed by atoms with Crippen LogP contribution in [0.5, 0.6) is 0 Å². The summed E-state index contributed by atoms with van der Waals surface area (Å²) in [7, 11) is -4.04. The van der Waals surface area contributed by atoms with E-state index in [-0.39, 0.29) is 53.6 Å². The van der Waals surface area contributed by atoms with Gasteiger partial charge in [0.2, 0.25) is 17.7 Å². The van der Waals surface area contributed by atoms with Gasteiger partial charge in [0.1, 0.15) is 12.1 Å². The number of benzene rings is 3. The van der Waals surface area contributed by atoms with Crippen molar-refractivity contribution < 1.29 is 32.7 Å². The Labute approximate surface area is 370 Å². The molecule has 3 atom stereocenters. The number of nitrogens with zero attached hydrogens (tertiary/aromatic N) is 2. The highest BCUT2D eigenvalue weighted by molar-refractivity contribution is 7.92. The second-order valence-electron chi connectivity index (χ2n) is 17.3. The first-order chi connectivity index (χ1) is 29.5. The fourth-order valence-electron chi connectivity index (χ4n) is 8.22.